The van der Waals surface area contributed by atoms with Crippen LogP contribution in [0.2, 0.25) is 6.04 Å². The Labute approximate surface area is 102 Å². The third-order valence-corrected chi connectivity index (χ3v) is 6.19. The Bertz CT molecular complexity index is 127. The van der Waals surface area contributed by atoms with Gasteiger partial charge in [-0.2, -0.15) is 0 Å². The molecule has 0 aliphatic heterocycles. The summed E-state index contributed by atoms with van der Waals surface area (Å²) in [5, 5.41) is 0. The van der Waals surface area contributed by atoms with Crippen molar-refractivity contribution in [2.75, 3.05) is 19.8 Å². The molecule has 0 aromatic carbocycles. The molecule has 3 nitrogen and oxygen atoms in total. The predicted octanol–water partition coefficient (Wildman–Crippen LogP) is 2.86. The van der Waals surface area contributed by atoms with Crippen molar-refractivity contribution >= 4 is 31.4 Å². The summed E-state index contributed by atoms with van der Waals surface area (Å²) >= 11 is 2.38. The number of hydrogen-bond donors (Lipinski definition) is 0. The third-order valence-electron chi connectivity index (χ3n) is 1.62. The van der Waals surface area contributed by atoms with Gasteiger partial charge in [-0.25, -0.2) is 0 Å². The summed E-state index contributed by atoms with van der Waals surface area (Å²) in [5.41, 5.74) is 0. The van der Waals surface area contributed by atoms with Crippen LogP contribution in [-0.4, -0.2) is 32.5 Å². The average molecular weight is 332 g/mol. The highest BCUT2D eigenvalue weighted by molar-refractivity contribution is 14.1. The van der Waals surface area contributed by atoms with Crippen molar-refractivity contribution < 1.29 is 13.3 Å². The summed E-state index contributed by atoms with van der Waals surface area (Å²) in [7, 11) is -2.37. The molecule has 0 heterocycles. The van der Waals surface area contributed by atoms with Crippen LogP contribution in [0.5, 0.6) is 0 Å². The highest BCUT2D eigenvalue weighted by Gasteiger charge is 2.41. The Morgan fingerprint density at radius 2 is 1.36 bits per heavy atom. The molecule has 0 fully saturated rings. The van der Waals surface area contributed by atoms with E-state index < -0.39 is 8.80 Å². The zero-order chi connectivity index (χ0) is 11.0. The minimum Gasteiger partial charge on any atom is -0.374 e. The molecule has 0 rings (SSSR count). The highest BCUT2D eigenvalue weighted by atomic mass is 127. The van der Waals surface area contributed by atoms with Gasteiger partial charge in [0.05, 0.1) is 0 Å². The van der Waals surface area contributed by atoms with E-state index in [1.165, 1.54) is 0 Å². The molecular weight excluding hydrogens is 311 g/mol. The van der Waals surface area contributed by atoms with Crippen molar-refractivity contribution in [1.29, 1.82) is 0 Å². The van der Waals surface area contributed by atoms with Crippen LogP contribution in [0.15, 0.2) is 0 Å². The summed E-state index contributed by atoms with van der Waals surface area (Å²) < 4.78 is 17.7. The first-order valence-corrected chi connectivity index (χ1v) is 8.33. The van der Waals surface area contributed by atoms with Crippen LogP contribution in [0.1, 0.15) is 27.7 Å². The van der Waals surface area contributed by atoms with E-state index >= 15 is 0 Å². The molecular formula is C9H21IO3Si. The summed E-state index contributed by atoms with van der Waals surface area (Å²) in [4.78, 5) is 0. The van der Waals surface area contributed by atoms with Gasteiger partial charge in [-0.1, -0.05) is 29.5 Å². The van der Waals surface area contributed by atoms with Crippen LogP contribution in [0.4, 0.5) is 0 Å². The summed E-state index contributed by atoms with van der Waals surface area (Å²) in [6.45, 7) is 10.1. The van der Waals surface area contributed by atoms with Crippen molar-refractivity contribution in [3.8, 4) is 0 Å². The maximum Gasteiger partial charge on any atom is 0.501 e. The zero-order valence-corrected chi connectivity index (χ0v) is 12.7. The van der Waals surface area contributed by atoms with Crippen LogP contribution >= 0.6 is 22.6 Å². The molecule has 0 bridgehead atoms. The molecule has 0 N–H and O–H groups in total. The first-order valence-electron chi connectivity index (χ1n) is 5.16. The average Bonchev–Trinajstić information content (AvgIpc) is 2.03. The van der Waals surface area contributed by atoms with E-state index in [0.29, 0.717) is 23.7 Å². The van der Waals surface area contributed by atoms with Crippen LogP contribution < -0.4 is 0 Å². The Balaban J connectivity index is 4.37. The minimum absolute atomic E-state index is 0.518. The third kappa shape index (κ3) is 5.65. The van der Waals surface area contributed by atoms with Gasteiger partial charge in [0.2, 0.25) is 0 Å². The van der Waals surface area contributed by atoms with E-state index in [1.54, 1.807) is 0 Å². The Morgan fingerprint density at radius 3 is 1.57 bits per heavy atom. The van der Waals surface area contributed by atoms with Crippen molar-refractivity contribution in [2.24, 2.45) is 0 Å². The van der Waals surface area contributed by atoms with Gasteiger partial charge in [-0.15, -0.1) is 0 Å². The van der Waals surface area contributed by atoms with E-state index in [4.69, 9.17) is 13.3 Å². The Kier molecular flexibility index (Phi) is 8.51. The number of halogens is 1. The fourth-order valence-corrected chi connectivity index (χ4v) is 5.54. The lowest BCUT2D eigenvalue weighted by atomic mass is 10.6. The predicted molar refractivity (Wildman–Crippen MR) is 68.9 cm³/mol. The van der Waals surface area contributed by atoms with E-state index in [1.807, 2.05) is 20.8 Å². The maximum absolute atomic E-state index is 5.71. The van der Waals surface area contributed by atoms with Gasteiger partial charge < -0.3 is 13.3 Å². The van der Waals surface area contributed by atoms with Crippen LogP contribution in [-0.2, 0) is 13.3 Å². The molecule has 1 unspecified atom stereocenters. The molecule has 5 heteroatoms. The molecule has 1 atom stereocenters. The lowest BCUT2D eigenvalue weighted by Gasteiger charge is -2.29. The normalized spacial score (nSPS) is 14.4. The molecule has 0 spiro atoms. The van der Waals surface area contributed by atoms with Gasteiger partial charge in [-0.3, -0.25) is 0 Å². The van der Waals surface area contributed by atoms with Gasteiger partial charge in [-0.05, 0) is 20.8 Å². The summed E-state index contributed by atoms with van der Waals surface area (Å²) in [6.07, 6.45) is 0. The van der Waals surface area contributed by atoms with Crippen molar-refractivity contribution in [3.05, 3.63) is 0 Å². The standard InChI is InChI=1S/C9H21IO3Si/c1-5-11-14(12-6-2,13-7-3)8-9(4)10/h9H,5-8H2,1-4H3. The van der Waals surface area contributed by atoms with Gasteiger partial charge >= 0.3 is 8.80 Å². The van der Waals surface area contributed by atoms with E-state index in [-0.39, 0.29) is 0 Å². The van der Waals surface area contributed by atoms with Crippen LogP contribution in [0.25, 0.3) is 0 Å². The smallest absolute Gasteiger partial charge is 0.374 e. The van der Waals surface area contributed by atoms with E-state index in [2.05, 4.69) is 29.5 Å². The Morgan fingerprint density at radius 1 is 1.00 bits per heavy atom. The quantitative estimate of drug-likeness (QED) is 0.389. The summed E-state index contributed by atoms with van der Waals surface area (Å²) in [5.74, 6) is 0. The second-order valence-electron chi connectivity index (χ2n) is 2.97. The molecule has 0 aliphatic rings. The molecule has 0 aromatic rings. The number of hydrogen-bond acceptors (Lipinski definition) is 3. The van der Waals surface area contributed by atoms with Crippen LogP contribution in [0.3, 0.4) is 0 Å². The van der Waals surface area contributed by atoms with Gasteiger partial charge in [0, 0.05) is 29.8 Å². The molecule has 86 valence electrons. The molecule has 0 aromatic heterocycles. The Hall–Kier alpha value is 0.827. The first-order chi connectivity index (χ1) is 6.60. The maximum atomic E-state index is 5.71. The van der Waals surface area contributed by atoms with Crippen molar-refractivity contribution in [3.63, 3.8) is 0 Å². The molecule has 0 radical (unpaired) electrons. The second kappa shape index (κ2) is 8.03. The second-order valence-corrected chi connectivity index (χ2v) is 7.73. The lowest BCUT2D eigenvalue weighted by Crippen LogP contribution is -2.47. The largest absolute Gasteiger partial charge is 0.501 e. The highest BCUT2D eigenvalue weighted by Crippen LogP contribution is 2.21. The molecule has 0 amide bonds. The van der Waals surface area contributed by atoms with E-state index in [9.17, 15) is 0 Å². The molecule has 14 heavy (non-hydrogen) atoms. The fourth-order valence-electron chi connectivity index (χ4n) is 1.31. The van der Waals surface area contributed by atoms with Gasteiger partial charge in [0.15, 0.2) is 0 Å². The van der Waals surface area contributed by atoms with Crippen LogP contribution in [0, 0.1) is 0 Å². The number of alkyl halides is 1. The SMILES string of the molecule is CCO[Si](CC(C)I)(OCC)OCC. The lowest BCUT2D eigenvalue weighted by molar-refractivity contribution is 0.0718. The first kappa shape index (κ1) is 14.8. The zero-order valence-electron chi connectivity index (χ0n) is 9.51. The van der Waals surface area contributed by atoms with Gasteiger partial charge in [0.25, 0.3) is 0 Å². The monoisotopic (exact) mass is 332 g/mol. The number of rotatable bonds is 8. The van der Waals surface area contributed by atoms with Crippen molar-refractivity contribution in [2.45, 2.75) is 37.7 Å². The molecule has 0 aliphatic carbocycles. The van der Waals surface area contributed by atoms with Gasteiger partial charge in [0.1, 0.15) is 0 Å². The van der Waals surface area contributed by atoms with Crippen molar-refractivity contribution in [1.82, 2.24) is 0 Å². The fraction of sp³-hybridized carbons (Fsp3) is 1.00. The van der Waals surface area contributed by atoms with E-state index in [0.717, 1.165) is 6.04 Å². The topological polar surface area (TPSA) is 27.7 Å². The molecule has 0 saturated heterocycles. The minimum atomic E-state index is -2.37. The molecule has 0 saturated carbocycles. The summed E-state index contributed by atoms with van der Waals surface area (Å²) in [6, 6.07) is 0.892.